The number of amides is 2. The summed E-state index contributed by atoms with van der Waals surface area (Å²) < 4.78 is 32.4. The molecule has 0 radical (unpaired) electrons. The van der Waals surface area contributed by atoms with Gasteiger partial charge in [-0.25, -0.2) is 8.78 Å². The Morgan fingerprint density at radius 1 is 1.03 bits per heavy atom. The molecule has 2 aliphatic rings. The third kappa shape index (κ3) is 6.47. The standard InChI is InChI=1S/C25H28F2N2O3S/c26-25(27)13-10-18(11-14-25)23(30)28-16-19-12-15-33-22(24(31)29-19)17-6-8-21(9-7-17)32-20-4-2-1-3-5-20/h1-9,18-19,22H,10-16H2,(H,28,30)(H,29,31)/t19-,22+/m0/s1. The van der Waals surface area contributed by atoms with Crippen LogP contribution in [0, 0.1) is 5.92 Å². The monoisotopic (exact) mass is 474 g/mol. The number of carbonyl (C=O) groups is 2. The van der Waals surface area contributed by atoms with Crippen LogP contribution in [0.2, 0.25) is 0 Å². The molecule has 2 amide bonds. The van der Waals surface area contributed by atoms with Gasteiger partial charge in [0.25, 0.3) is 0 Å². The molecule has 0 spiro atoms. The summed E-state index contributed by atoms with van der Waals surface area (Å²) in [5, 5.41) is 5.55. The van der Waals surface area contributed by atoms with E-state index < -0.39 is 5.92 Å². The van der Waals surface area contributed by atoms with Gasteiger partial charge in [-0.2, -0.15) is 0 Å². The summed E-state index contributed by atoms with van der Waals surface area (Å²) in [7, 11) is 0. The molecule has 0 bridgehead atoms. The van der Waals surface area contributed by atoms with Crippen molar-refractivity contribution in [2.24, 2.45) is 5.92 Å². The van der Waals surface area contributed by atoms with Gasteiger partial charge in [-0.3, -0.25) is 9.59 Å². The number of alkyl halides is 2. The maximum absolute atomic E-state index is 13.3. The Labute approximate surface area is 196 Å². The van der Waals surface area contributed by atoms with Gasteiger partial charge < -0.3 is 15.4 Å². The van der Waals surface area contributed by atoms with Crippen LogP contribution >= 0.6 is 11.8 Å². The lowest BCUT2D eigenvalue weighted by atomic mass is 9.86. The van der Waals surface area contributed by atoms with Crippen LogP contribution in [0.3, 0.4) is 0 Å². The molecule has 1 saturated carbocycles. The molecule has 0 aromatic heterocycles. The van der Waals surface area contributed by atoms with Crippen molar-refractivity contribution in [2.45, 2.75) is 49.3 Å². The van der Waals surface area contributed by atoms with Crippen molar-refractivity contribution >= 4 is 23.6 Å². The van der Waals surface area contributed by atoms with Crippen molar-refractivity contribution < 1.29 is 23.1 Å². The van der Waals surface area contributed by atoms with Crippen LogP contribution in [-0.2, 0) is 9.59 Å². The highest BCUT2D eigenvalue weighted by atomic mass is 32.2. The fourth-order valence-corrected chi connectivity index (χ4v) is 5.38. The minimum Gasteiger partial charge on any atom is -0.457 e. The highest BCUT2D eigenvalue weighted by Gasteiger charge is 2.37. The van der Waals surface area contributed by atoms with Gasteiger partial charge in [0, 0.05) is 31.3 Å². The summed E-state index contributed by atoms with van der Waals surface area (Å²) in [6.45, 7) is 0.314. The minimum atomic E-state index is -2.65. The molecule has 5 nitrogen and oxygen atoms in total. The number of carbonyl (C=O) groups excluding carboxylic acids is 2. The van der Waals surface area contributed by atoms with E-state index in [0.29, 0.717) is 12.3 Å². The van der Waals surface area contributed by atoms with E-state index in [-0.39, 0.29) is 54.7 Å². The lowest BCUT2D eigenvalue weighted by Crippen LogP contribution is -2.45. The molecule has 0 unspecified atom stereocenters. The zero-order valence-electron chi connectivity index (χ0n) is 18.3. The van der Waals surface area contributed by atoms with E-state index in [1.54, 1.807) is 11.8 Å². The number of thioether (sulfide) groups is 1. The lowest BCUT2D eigenvalue weighted by molar-refractivity contribution is -0.129. The van der Waals surface area contributed by atoms with Crippen molar-refractivity contribution in [3.8, 4) is 11.5 Å². The van der Waals surface area contributed by atoms with Gasteiger partial charge in [-0.15, -0.1) is 11.8 Å². The van der Waals surface area contributed by atoms with Gasteiger partial charge in [-0.1, -0.05) is 30.3 Å². The number of rotatable bonds is 6. The molecule has 33 heavy (non-hydrogen) atoms. The Morgan fingerprint density at radius 2 is 1.70 bits per heavy atom. The van der Waals surface area contributed by atoms with Gasteiger partial charge >= 0.3 is 0 Å². The Kier molecular flexibility index (Phi) is 7.53. The normalized spacial score (nSPS) is 23.3. The molecule has 2 fully saturated rings. The number of benzene rings is 2. The van der Waals surface area contributed by atoms with Crippen molar-refractivity contribution in [3.63, 3.8) is 0 Å². The van der Waals surface area contributed by atoms with E-state index in [1.165, 1.54) is 0 Å². The second-order valence-corrected chi connectivity index (χ2v) is 9.82. The summed E-state index contributed by atoms with van der Waals surface area (Å²) in [6.07, 6.45) is 0.665. The van der Waals surface area contributed by atoms with Gasteiger partial charge in [0.2, 0.25) is 17.7 Å². The number of halogens is 2. The van der Waals surface area contributed by atoms with Crippen LogP contribution < -0.4 is 15.4 Å². The molecule has 1 heterocycles. The molecule has 1 aliphatic heterocycles. The van der Waals surface area contributed by atoms with Gasteiger partial charge in [0.05, 0.1) is 0 Å². The largest absolute Gasteiger partial charge is 0.457 e. The Hall–Kier alpha value is -2.61. The first-order valence-electron chi connectivity index (χ1n) is 11.3. The summed E-state index contributed by atoms with van der Waals surface area (Å²) in [5.74, 6) is -1.09. The predicted octanol–water partition coefficient (Wildman–Crippen LogP) is 5.08. The highest BCUT2D eigenvalue weighted by molar-refractivity contribution is 8.00. The second kappa shape index (κ2) is 10.5. The first-order chi connectivity index (χ1) is 15.9. The lowest BCUT2D eigenvalue weighted by Gasteiger charge is -2.28. The smallest absolute Gasteiger partial charge is 0.248 e. The first kappa shape index (κ1) is 23.5. The van der Waals surface area contributed by atoms with Crippen LogP contribution in [0.4, 0.5) is 8.78 Å². The van der Waals surface area contributed by atoms with Crippen LogP contribution in [0.15, 0.2) is 54.6 Å². The maximum Gasteiger partial charge on any atom is 0.248 e. The SMILES string of the molecule is O=C(NC[C@@H]1CCS[C@H](c2ccc(Oc3ccccc3)cc2)C(=O)N1)C1CCC(F)(F)CC1. The van der Waals surface area contributed by atoms with E-state index in [4.69, 9.17) is 4.74 Å². The third-order valence-corrected chi connectivity index (χ3v) is 7.40. The summed E-state index contributed by atoms with van der Waals surface area (Å²) in [5.41, 5.74) is 0.894. The van der Waals surface area contributed by atoms with Crippen LogP contribution in [0.1, 0.15) is 42.9 Å². The molecule has 8 heteroatoms. The second-order valence-electron chi connectivity index (χ2n) is 8.60. The molecule has 4 rings (SSSR count). The summed E-state index contributed by atoms with van der Waals surface area (Å²) in [4.78, 5) is 25.2. The Morgan fingerprint density at radius 3 is 2.39 bits per heavy atom. The zero-order chi connectivity index (χ0) is 23.3. The number of ether oxygens (including phenoxy) is 1. The van der Waals surface area contributed by atoms with Crippen molar-refractivity contribution in [3.05, 3.63) is 60.2 Å². The molecule has 2 aromatic carbocycles. The highest BCUT2D eigenvalue weighted by Crippen LogP contribution is 2.36. The average molecular weight is 475 g/mol. The van der Waals surface area contributed by atoms with E-state index in [9.17, 15) is 18.4 Å². The predicted molar refractivity (Wildman–Crippen MR) is 125 cm³/mol. The molecule has 176 valence electrons. The molecule has 1 saturated heterocycles. The Bertz CT molecular complexity index is 946. The Balaban J connectivity index is 1.28. The maximum atomic E-state index is 13.3. The summed E-state index contributed by atoms with van der Waals surface area (Å²) >= 11 is 1.57. The number of hydrogen-bond donors (Lipinski definition) is 2. The van der Waals surface area contributed by atoms with Gasteiger partial charge in [0.15, 0.2) is 0 Å². The van der Waals surface area contributed by atoms with Crippen molar-refractivity contribution in [2.75, 3.05) is 12.3 Å². The number of para-hydroxylation sites is 1. The van der Waals surface area contributed by atoms with E-state index in [2.05, 4.69) is 10.6 Å². The molecular weight excluding hydrogens is 446 g/mol. The third-order valence-electron chi connectivity index (χ3n) is 6.11. The topological polar surface area (TPSA) is 67.4 Å². The van der Waals surface area contributed by atoms with Crippen LogP contribution in [-0.4, -0.2) is 36.1 Å². The molecule has 2 N–H and O–H groups in total. The zero-order valence-corrected chi connectivity index (χ0v) is 19.1. The first-order valence-corrected chi connectivity index (χ1v) is 12.3. The fourth-order valence-electron chi connectivity index (χ4n) is 4.16. The fraction of sp³-hybridized carbons (Fsp3) is 0.440. The number of nitrogens with one attached hydrogen (secondary N) is 2. The van der Waals surface area contributed by atoms with Crippen LogP contribution in [0.5, 0.6) is 11.5 Å². The molecule has 2 aromatic rings. The number of hydrogen-bond acceptors (Lipinski definition) is 4. The minimum absolute atomic E-state index is 0.0919. The van der Waals surface area contributed by atoms with Gasteiger partial charge in [0.1, 0.15) is 16.7 Å². The molecule has 1 aliphatic carbocycles. The van der Waals surface area contributed by atoms with Crippen molar-refractivity contribution in [1.82, 2.24) is 10.6 Å². The quantitative estimate of drug-likeness (QED) is 0.613. The van der Waals surface area contributed by atoms with E-state index in [1.807, 2.05) is 54.6 Å². The van der Waals surface area contributed by atoms with Crippen LogP contribution in [0.25, 0.3) is 0 Å². The van der Waals surface area contributed by atoms with E-state index >= 15 is 0 Å². The van der Waals surface area contributed by atoms with Crippen molar-refractivity contribution in [1.29, 1.82) is 0 Å². The molecular formula is C25H28F2N2O3S. The molecule has 2 atom stereocenters. The summed E-state index contributed by atoms with van der Waals surface area (Å²) in [6, 6.07) is 16.8. The van der Waals surface area contributed by atoms with E-state index in [0.717, 1.165) is 23.5 Å². The van der Waals surface area contributed by atoms with Gasteiger partial charge in [-0.05, 0) is 54.8 Å². The average Bonchev–Trinajstić information content (AvgIpc) is 2.99.